The van der Waals surface area contributed by atoms with E-state index >= 15 is 0 Å². The molecule has 0 aromatic heterocycles. The summed E-state index contributed by atoms with van der Waals surface area (Å²) in [5.41, 5.74) is 7.14. The zero-order valence-electron chi connectivity index (χ0n) is 10.9. The standard InChI is InChI=1S/C12H18N2O4S/c1-12(2)17-10(7-19(14,15)16)11(18-12)8-5-3-4-6-9(8)13/h3-6,10-11H,7,13H2,1-2H3,(H2,14,15,16)/t10-,11+/m1/s1. The van der Waals surface area contributed by atoms with Crippen molar-refractivity contribution in [1.29, 1.82) is 0 Å². The van der Waals surface area contributed by atoms with E-state index in [1.54, 1.807) is 32.0 Å². The van der Waals surface area contributed by atoms with Crippen molar-refractivity contribution in [2.24, 2.45) is 5.14 Å². The molecule has 1 aliphatic rings. The minimum atomic E-state index is -3.66. The van der Waals surface area contributed by atoms with Crippen LogP contribution < -0.4 is 10.9 Å². The Labute approximate surface area is 112 Å². The second-order valence-electron chi connectivity index (χ2n) is 5.05. The number of sulfonamides is 1. The molecule has 0 aliphatic carbocycles. The lowest BCUT2D eigenvalue weighted by molar-refractivity contribution is -0.145. The Morgan fingerprint density at radius 1 is 1.26 bits per heavy atom. The lowest BCUT2D eigenvalue weighted by Crippen LogP contribution is -2.31. The van der Waals surface area contributed by atoms with Crippen molar-refractivity contribution in [2.45, 2.75) is 31.8 Å². The fraction of sp³-hybridized carbons (Fsp3) is 0.500. The van der Waals surface area contributed by atoms with Crippen LogP contribution in [0, 0.1) is 0 Å². The normalized spacial score (nSPS) is 26.5. The molecule has 2 rings (SSSR count). The number of rotatable bonds is 3. The highest BCUT2D eigenvalue weighted by Crippen LogP contribution is 2.40. The summed E-state index contributed by atoms with van der Waals surface area (Å²) in [6, 6.07) is 7.14. The highest BCUT2D eigenvalue weighted by Gasteiger charge is 2.44. The van der Waals surface area contributed by atoms with Gasteiger partial charge in [0.1, 0.15) is 12.2 Å². The molecular weight excluding hydrogens is 268 g/mol. The maximum absolute atomic E-state index is 11.3. The topological polar surface area (TPSA) is 105 Å². The van der Waals surface area contributed by atoms with Crippen LogP contribution in [0.3, 0.4) is 0 Å². The van der Waals surface area contributed by atoms with Crippen molar-refractivity contribution < 1.29 is 17.9 Å². The van der Waals surface area contributed by atoms with Gasteiger partial charge in [-0.2, -0.15) is 0 Å². The number of nitrogens with two attached hydrogens (primary N) is 2. The van der Waals surface area contributed by atoms with Gasteiger partial charge in [0.25, 0.3) is 0 Å². The second kappa shape index (κ2) is 4.75. The van der Waals surface area contributed by atoms with Crippen molar-refractivity contribution in [3.63, 3.8) is 0 Å². The summed E-state index contributed by atoms with van der Waals surface area (Å²) < 4.78 is 33.9. The highest BCUT2D eigenvalue weighted by molar-refractivity contribution is 7.89. The summed E-state index contributed by atoms with van der Waals surface area (Å²) >= 11 is 0. The van der Waals surface area contributed by atoms with Crippen LogP contribution in [0.2, 0.25) is 0 Å². The molecule has 19 heavy (non-hydrogen) atoms. The molecule has 1 aromatic rings. The summed E-state index contributed by atoms with van der Waals surface area (Å²) in [7, 11) is -3.66. The van der Waals surface area contributed by atoms with Crippen LogP contribution >= 0.6 is 0 Å². The van der Waals surface area contributed by atoms with Crippen LogP contribution in [0.5, 0.6) is 0 Å². The van der Waals surface area contributed by atoms with Gasteiger partial charge in [-0.3, -0.25) is 0 Å². The molecule has 0 saturated carbocycles. The summed E-state index contributed by atoms with van der Waals surface area (Å²) in [4.78, 5) is 0. The maximum atomic E-state index is 11.3. The number of hydrogen-bond donors (Lipinski definition) is 2. The number of anilines is 1. The molecule has 0 bridgehead atoms. The number of ether oxygens (including phenoxy) is 2. The quantitative estimate of drug-likeness (QED) is 0.798. The van der Waals surface area contributed by atoms with Crippen molar-refractivity contribution >= 4 is 15.7 Å². The van der Waals surface area contributed by atoms with E-state index in [0.29, 0.717) is 11.3 Å². The van der Waals surface area contributed by atoms with Gasteiger partial charge in [0.05, 0.1) is 5.75 Å². The van der Waals surface area contributed by atoms with E-state index < -0.39 is 28.0 Å². The number of benzene rings is 1. The number of primary sulfonamides is 1. The minimum absolute atomic E-state index is 0.310. The van der Waals surface area contributed by atoms with Crippen molar-refractivity contribution in [3.05, 3.63) is 29.8 Å². The van der Waals surface area contributed by atoms with Gasteiger partial charge in [0.2, 0.25) is 10.0 Å². The minimum Gasteiger partial charge on any atom is -0.398 e. The van der Waals surface area contributed by atoms with Crippen LogP contribution in [-0.2, 0) is 19.5 Å². The lowest BCUT2D eigenvalue weighted by Gasteiger charge is -2.18. The predicted octanol–water partition coefficient (Wildman–Crippen LogP) is 0.750. The Hall–Kier alpha value is -1.15. The fourth-order valence-corrected chi connectivity index (χ4v) is 2.92. The van der Waals surface area contributed by atoms with Crippen LogP contribution in [0.4, 0.5) is 5.69 Å². The fourth-order valence-electron chi connectivity index (χ4n) is 2.22. The van der Waals surface area contributed by atoms with E-state index in [9.17, 15) is 8.42 Å². The molecule has 1 fully saturated rings. The van der Waals surface area contributed by atoms with Gasteiger partial charge in [-0.05, 0) is 19.9 Å². The second-order valence-corrected chi connectivity index (χ2v) is 6.71. The summed E-state index contributed by atoms with van der Waals surface area (Å²) in [5, 5.41) is 5.09. The zero-order valence-corrected chi connectivity index (χ0v) is 11.7. The van der Waals surface area contributed by atoms with Gasteiger partial charge in [0.15, 0.2) is 5.79 Å². The molecule has 1 aliphatic heterocycles. The van der Waals surface area contributed by atoms with E-state index in [1.165, 1.54) is 0 Å². The average molecular weight is 286 g/mol. The molecule has 2 atom stereocenters. The first kappa shape index (κ1) is 14.3. The third-order valence-electron chi connectivity index (χ3n) is 2.88. The summed E-state index contributed by atoms with van der Waals surface area (Å²) in [6.07, 6.45) is -1.22. The smallest absolute Gasteiger partial charge is 0.211 e. The van der Waals surface area contributed by atoms with Crippen molar-refractivity contribution in [1.82, 2.24) is 0 Å². The lowest BCUT2D eigenvalue weighted by atomic mass is 10.0. The molecule has 1 heterocycles. The van der Waals surface area contributed by atoms with E-state index in [2.05, 4.69) is 0 Å². The third kappa shape index (κ3) is 3.44. The predicted molar refractivity (Wildman–Crippen MR) is 71.6 cm³/mol. The Kier molecular flexibility index (Phi) is 3.57. The molecule has 4 N–H and O–H groups in total. The van der Waals surface area contributed by atoms with Gasteiger partial charge in [-0.1, -0.05) is 18.2 Å². The van der Waals surface area contributed by atoms with Gasteiger partial charge in [-0.15, -0.1) is 0 Å². The Balaban J connectivity index is 2.34. The molecular formula is C12H18N2O4S. The highest BCUT2D eigenvalue weighted by atomic mass is 32.2. The van der Waals surface area contributed by atoms with E-state index in [0.717, 1.165) is 0 Å². The summed E-state index contributed by atoms with van der Waals surface area (Å²) in [5.74, 6) is -1.18. The van der Waals surface area contributed by atoms with E-state index in [4.69, 9.17) is 20.3 Å². The molecule has 106 valence electrons. The van der Waals surface area contributed by atoms with Crippen LogP contribution in [0.25, 0.3) is 0 Å². The molecule has 0 unspecified atom stereocenters. The molecule has 0 radical (unpaired) electrons. The number of hydrogen-bond acceptors (Lipinski definition) is 5. The van der Waals surface area contributed by atoms with Gasteiger partial charge in [0, 0.05) is 11.3 Å². The molecule has 7 heteroatoms. The molecule has 1 saturated heterocycles. The third-order valence-corrected chi connectivity index (χ3v) is 3.68. The van der Waals surface area contributed by atoms with Crippen molar-refractivity contribution in [2.75, 3.05) is 11.5 Å². The Bertz CT molecular complexity index is 571. The first-order valence-corrected chi connectivity index (χ1v) is 7.60. The summed E-state index contributed by atoms with van der Waals surface area (Å²) in [6.45, 7) is 3.45. The number of nitrogen functional groups attached to an aromatic ring is 1. The largest absolute Gasteiger partial charge is 0.398 e. The van der Waals surface area contributed by atoms with Gasteiger partial charge in [-0.25, -0.2) is 13.6 Å². The maximum Gasteiger partial charge on any atom is 0.211 e. The Morgan fingerprint density at radius 3 is 2.47 bits per heavy atom. The van der Waals surface area contributed by atoms with E-state index in [-0.39, 0.29) is 5.75 Å². The Morgan fingerprint density at radius 2 is 1.89 bits per heavy atom. The van der Waals surface area contributed by atoms with Crippen LogP contribution in [0.1, 0.15) is 25.5 Å². The SMILES string of the molecule is CC1(C)O[C@H](CS(N)(=O)=O)[C@H](c2ccccc2N)O1. The first-order valence-electron chi connectivity index (χ1n) is 5.88. The van der Waals surface area contributed by atoms with Crippen molar-refractivity contribution in [3.8, 4) is 0 Å². The first-order chi connectivity index (χ1) is 8.68. The van der Waals surface area contributed by atoms with E-state index in [1.807, 2.05) is 6.07 Å². The number of para-hydroxylation sites is 1. The van der Waals surface area contributed by atoms with Gasteiger partial charge >= 0.3 is 0 Å². The molecule has 0 amide bonds. The molecule has 0 spiro atoms. The molecule has 1 aromatic carbocycles. The van der Waals surface area contributed by atoms with Gasteiger partial charge < -0.3 is 15.2 Å². The zero-order chi connectivity index (χ0) is 14.3. The van der Waals surface area contributed by atoms with Crippen LogP contribution in [-0.4, -0.2) is 26.1 Å². The average Bonchev–Trinajstić information content (AvgIpc) is 2.51. The van der Waals surface area contributed by atoms with Crippen LogP contribution in [0.15, 0.2) is 24.3 Å². The monoisotopic (exact) mass is 286 g/mol. The molecule has 6 nitrogen and oxygen atoms in total.